The van der Waals surface area contributed by atoms with E-state index in [1.165, 1.54) is 12.1 Å². The monoisotopic (exact) mass is 299 g/mol. The average Bonchev–Trinajstić information content (AvgIpc) is 2.38. The highest BCUT2D eigenvalue weighted by Gasteiger charge is 2.28. The van der Waals surface area contributed by atoms with E-state index in [-0.39, 0.29) is 16.6 Å². The molecule has 0 spiro atoms. The van der Waals surface area contributed by atoms with Gasteiger partial charge in [0.15, 0.2) is 4.90 Å². The van der Waals surface area contributed by atoms with Crippen LogP contribution >= 0.6 is 0 Å². The van der Waals surface area contributed by atoms with Gasteiger partial charge in [-0.3, -0.25) is 10.1 Å². The molecule has 0 atom stereocenters. The molecule has 110 valence electrons. The molecule has 0 radical (unpaired) electrons. The highest BCUT2D eigenvalue weighted by Crippen LogP contribution is 2.27. The maximum absolute atomic E-state index is 12.3. The normalized spacial score (nSPS) is 17.0. The Morgan fingerprint density at radius 2 is 1.90 bits per heavy atom. The summed E-state index contributed by atoms with van der Waals surface area (Å²) in [6, 6.07) is 3.45. The van der Waals surface area contributed by atoms with Crippen LogP contribution in [-0.2, 0) is 10.0 Å². The van der Waals surface area contributed by atoms with Crippen LogP contribution in [0.4, 0.5) is 11.4 Å². The Morgan fingerprint density at radius 1 is 1.25 bits per heavy atom. The lowest BCUT2D eigenvalue weighted by Crippen LogP contribution is -2.36. The van der Waals surface area contributed by atoms with E-state index < -0.39 is 20.6 Å². The summed E-state index contributed by atoms with van der Waals surface area (Å²) in [5.74, 6) is 0. The zero-order chi connectivity index (χ0) is 14.8. The molecule has 1 saturated carbocycles. The van der Waals surface area contributed by atoms with Crippen LogP contribution in [0, 0.1) is 10.1 Å². The minimum atomic E-state index is -3.90. The van der Waals surface area contributed by atoms with Gasteiger partial charge in [-0.1, -0.05) is 19.3 Å². The van der Waals surface area contributed by atoms with Gasteiger partial charge in [-0.05, 0) is 25.0 Å². The third-order valence-electron chi connectivity index (χ3n) is 3.40. The maximum Gasteiger partial charge on any atom is 0.291 e. The molecule has 1 aliphatic rings. The summed E-state index contributed by atoms with van der Waals surface area (Å²) in [4.78, 5) is 9.91. The molecular formula is C12H17N3O4S. The number of nitrogens with two attached hydrogens (primary N) is 1. The van der Waals surface area contributed by atoms with Gasteiger partial charge < -0.3 is 5.73 Å². The fraction of sp³-hybridized carbons (Fsp3) is 0.500. The summed E-state index contributed by atoms with van der Waals surface area (Å²) in [5, 5.41) is 11.0. The number of hydrogen-bond donors (Lipinski definition) is 2. The van der Waals surface area contributed by atoms with Gasteiger partial charge in [-0.2, -0.15) is 0 Å². The van der Waals surface area contributed by atoms with Crippen molar-refractivity contribution >= 4 is 21.4 Å². The standard InChI is InChI=1S/C12H17N3O4S/c13-9-6-7-12(11(8-9)15(16)17)20(18,19)14-10-4-2-1-3-5-10/h6-8,10,14H,1-5,13H2. The number of hydrogen-bond acceptors (Lipinski definition) is 5. The van der Waals surface area contributed by atoms with Gasteiger partial charge in [0.2, 0.25) is 10.0 Å². The lowest BCUT2D eigenvalue weighted by molar-refractivity contribution is -0.387. The van der Waals surface area contributed by atoms with E-state index in [4.69, 9.17) is 5.73 Å². The van der Waals surface area contributed by atoms with Crippen LogP contribution in [0.3, 0.4) is 0 Å². The van der Waals surface area contributed by atoms with E-state index in [0.717, 1.165) is 38.2 Å². The van der Waals surface area contributed by atoms with E-state index in [1.807, 2.05) is 0 Å². The number of rotatable bonds is 4. The van der Waals surface area contributed by atoms with Gasteiger partial charge in [0.25, 0.3) is 5.69 Å². The van der Waals surface area contributed by atoms with Gasteiger partial charge in [0, 0.05) is 17.8 Å². The zero-order valence-corrected chi connectivity index (χ0v) is 11.7. The Bertz CT molecular complexity index is 609. The molecule has 1 aromatic rings. The third kappa shape index (κ3) is 3.26. The average molecular weight is 299 g/mol. The number of anilines is 1. The largest absolute Gasteiger partial charge is 0.399 e. The molecule has 0 heterocycles. The molecule has 8 heteroatoms. The first-order valence-corrected chi connectivity index (χ1v) is 7.95. The summed E-state index contributed by atoms with van der Waals surface area (Å²) in [6.07, 6.45) is 4.57. The Kier molecular flexibility index (Phi) is 4.24. The van der Waals surface area contributed by atoms with E-state index in [0.29, 0.717) is 0 Å². The first-order valence-electron chi connectivity index (χ1n) is 6.46. The Morgan fingerprint density at radius 3 is 2.50 bits per heavy atom. The summed E-state index contributed by atoms with van der Waals surface area (Å²) in [5.41, 5.74) is 5.14. The van der Waals surface area contributed by atoms with Crippen molar-refractivity contribution in [1.29, 1.82) is 0 Å². The van der Waals surface area contributed by atoms with Crippen molar-refractivity contribution in [3.63, 3.8) is 0 Å². The van der Waals surface area contributed by atoms with Crippen LogP contribution in [0.2, 0.25) is 0 Å². The fourth-order valence-electron chi connectivity index (χ4n) is 2.41. The molecule has 1 aromatic carbocycles. The number of nitro groups is 1. The van der Waals surface area contributed by atoms with Gasteiger partial charge in [0.1, 0.15) is 0 Å². The highest BCUT2D eigenvalue weighted by atomic mass is 32.2. The predicted octanol–water partition coefficient (Wildman–Crippen LogP) is 1.79. The van der Waals surface area contributed by atoms with Crippen LogP contribution in [0.25, 0.3) is 0 Å². The first-order chi connectivity index (χ1) is 9.40. The Hall–Kier alpha value is -1.67. The smallest absolute Gasteiger partial charge is 0.291 e. The van der Waals surface area contributed by atoms with E-state index >= 15 is 0 Å². The first kappa shape index (κ1) is 14.7. The SMILES string of the molecule is Nc1ccc(S(=O)(=O)NC2CCCCC2)c([N+](=O)[O-])c1. The number of nitro benzene ring substituents is 1. The molecule has 0 saturated heterocycles. The van der Waals surface area contributed by atoms with Crippen LogP contribution in [0.1, 0.15) is 32.1 Å². The summed E-state index contributed by atoms with van der Waals surface area (Å²) in [7, 11) is -3.90. The summed E-state index contributed by atoms with van der Waals surface area (Å²) in [6.45, 7) is 0. The second kappa shape index (κ2) is 5.76. The number of nitrogen functional groups attached to an aromatic ring is 1. The minimum absolute atomic E-state index is 0.147. The van der Waals surface area contributed by atoms with Crippen molar-refractivity contribution in [2.45, 2.75) is 43.0 Å². The van der Waals surface area contributed by atoms with E-state index in [1.54, 1.807) is 0 Å². The topological polar surface area (TPSA) is 115 Å². The van der Waals surface area contributed by atoms with Crippen molar-refractivity contribution in [1.82, 2.24) is 4.72 Å². The molecule has 0 aliphatic heterocycles. The predicted molar refractivity (Wildman–Crippen MR) is 74.7 cm³/mol. The molecule has 20 heavy (non-hydrogen) atoms. The molecule has 2 rings (SSSR count). The van der Waals surface area contributed by atoms with Crippen molar-refractivity contribution in [3.8, 4) is 0 Å². The number of nitrogens with zero attached hydrogens (tertiary/aromatic N) is 1. The number of sulfonamides is 1. The van der Waals surface area contributed by atoms with Crippen molar-refractivity contribution < 1.29 is 13.3 Å². The van der Waals surface area contributed by atoms with E-state index in [2.05, 4.69) is 4.72 Å². The fourth-order valence-corrected chi connectivity index (χ4v) is 3.87. The summed E-state index contributed by atoms with van der Waals surface area (Å²) >= 11 is 0. The van der Waals surface area contributed by atoms with Crippen LogP contribution in [-0.4, -0.2) is 19.4 Å². The second-order valence-corrected chi connectivity index (χ2v) is 6.62. The minimum Gasteiger partial charge on any atom is -0.399 e. The van der Waals surface area contributed by atoms with Crippen molar-refractivity contribution in [2.75, 3.05) is 5.73 Å². The maximum atomic E-state index is 12.3. The number of nitrogens with one attached hydrogen (secondary N) is 1. The van der Waals surface area contributed by atoms with Gasteiger partial charge >= 0.3 is 0 Å². The number of benzene rings is 1. The van der Waals surface area contributed by atoms with Crippen molar-refractivity contribution in [2.24, 2.45) is 0 Å². The summed E-state index contributed by atoms with van der Waals surface area (Å²) < 4.78 is 27.1. The molecule has 0 bridgehead atoms. The van der Waals surface area contributed by atoms with Crippen LogP contribution in [0.5, 0.6) is 0 Å². The van der Waals surface area contributed by atoms with Crippen LogP contribution < -0.4 is 10.5 Å². The molecule has 7 nitrogen and oxygen atoms in total. The zero-order valence-electron chi connectivity index (χ0n) is 10.9. The molecule has 0 amide bonds. The molecule has 1 aliphatic carbocycles. The van der Waals surface area contributed by atoms with E-state index in [9.17, 15) is 18.5 Å². The molecule has 0 aromatic heterocycles. The van der Waals surface area contributed by atoms with Gasteiger partial charge in [-0.15, -0.1) is 0 Å². The quantitative estimate of drug-likeness (QED) is 0.499. The third-order valence-corrected chi connectivity index (χ3v) is 4.96. The molecule has 1 fully saturated rings. The Balaban J connectivity index is 2.31. The molecular weight excluding hydrogens is 282 g/mol. The lowest BCUT2D eigenvalue weighted by atomic mass is 9.96. The molecule has 3 N–H and O–H groups in total. The van der Waals surface area contributed by atoms with Gasteiger partial charge in [-0.25, -0.2) is 13.1 Å². The van der Waals surface area contributed by atoms with Crippen LogP contribution in [0.15, 0.2) is 23.1 Å². The second-order valence-electron chi connectivity index (χ2n) is 4.94. The van der Waals surface area contributed by atoms with Gasteiger partial charge in [0.05, 0.1) is 4.92 Å². The lowest BCUT2D eigenvalue weighted by Gasteiger charge is -2.22. The molecule has 0 unspecified atom stereocenters. The van der Waals surface area contributed by atoms with Crippen molar-refractivity contribution in [3.05, 3.63) is 28.3 Å². The Labute approximate surface area is 117 Å². The highest BCUT2D eigenvalue weighted by molar-refractivity contribution is 7.89.